The highest BCUT2D eigenvalue weighted by Gasteiger charge is 2.31. The normalized spacial score (nSPS) is 18.4. The van der Waals surface area contributed by atoms with Gasteiger partial charge in [-0.05, 0) is 30.0 Å². The number of hydrogen-bond donors (Lipinski definition) is 0. The molecule has 3 heterocycles. The van der Waals surface area contributed by atoms with Crippen molar-refractivity contribution in [2.45, 2.75) is 19.4 Å². The van der Waals surface area contributed by atoms with E-state index >= 15 is 0 Å². The number of morpholine rings is 1. The fraction of sp³-hybridized carbons (Fsp3) is 0.375. The van der Waals surface area contributed by atoms with Gasteiger partial charge >= 0.3 is 0 Å². The van der Waals surface area contributed by atoms with Gasteiger partial charge in [-0.2, -0.15) is 11.3 Å². The van der Waals surface area contributed by atoms with E-state index in [-0.39, 0.29) is 24.2 Å². The van der Waals surface area contributed by atoms with Crippen molar-refractivity contribution < 1.29 is 18.7 Å². The molecule has 2 aromatic rings. The standard InChI is InChI=1S/C16H17NO4S/c1-11-9-22-10-13(11)16(19)17-4-6-20-8-12(17)7-14(18)15-3-2-5-21-15/h2-3,5,9-10,12H,4,6-8H2,1H3/t12-/m1/s1. The number of hydrogen-bond acceptors (Lipinski definition) is 5. The first kappa shape index (κ1) is 15.0. The molecule has 6 heteroatoms. The molecule has 1 atom stereocenters. The van der Waals surface area contributed by atoms with Crippen LogP contribution in [-0.4, -0.2) is 42.4 Å². The van der Waals surface area contributed by atoms with Gasteiger partial charge in [0.2, 0.25) is 0 Å². The van der Waals surface area contributed by atoms with E-state index in [1.807, 2.05) is 17.7 Å². The van der Waals surface area contributed by atoms with Crippen molar-refractivity contribution in [3.8, 4) is 0 Å². The molecule has 1 saturated heterocycles. The summed E-state index contributed by atoms with van der Waals surface area (Å²) in [5.74, 6) is 0.185. The van der Waals surface area contributed by atoms with Crippen molar-refractivity contribution in [2.24, 2.45) is 0 Å². The molecular formula is C16H17NO4S. The molecule has 0 aliphatic carbocycles. The van der Waals surface area contributed by atoms with E-state index in [0.29, 0.717) is 31.1 Å². The molecular weight excluding hydrogens is 302 g/mol. The summed E-state index contributed by atoms with van der Waals surface area (Å²) in [7, 11) is 0. The number of ether oxygens (including phenoxy) is 1. The average Bonchev–Trinajstić information content (AvgIpc) is 3.18. The van der Waals surface area contributed by atoms with Gasteiger partial charge in [-0.1, -0.05) is 0 Å². The van der Waals surface area contributed by atoms with Gasteiger partial charge in [0.1, 0.15) is 0 Å². The van der Waals surface area contributed by atoms with Crippen LogP contribution in [0.4, 0.5) is 0 Å². The van der Waals surface area contributed by atoms with E-state index in [1.54, 1.807) is 17.0 Å². The van der Waals surface area contributed by atoms with Gasteiger partial charge in [-0.3, -0.25) is 9.59 Å². The number of thiophene rings is 1. The average molecular weight is 319 g/mol. The maximum absolute atomic E-state index is 12.7. The maximum atomic E-state index is 12.7. The van der Waals surface area contributed by atoms with Gasteiger partial charge in [-0.25, -0.2) is 0 Å². The van der Waals surface area contributed by atoms with Gasteiger partial charge in [0.05, 0.1) is 31.1 Å². The second kappa shape index (κ2) is 6.46. The van der Waals surface area contributed by atoms with Crippen LogP contribution in [0, 0.1) is 6.92 Å². The number of carbonyl (C=O) groups is 2. The van der Waals surface area contributed by atoms with Crippen LogP contribution >= 0.6 is 11.3 Å². The number of Topliss-reactive ketones (excluding diaryl/α,β-unsaturated/α-hetero) is 1. The minimum Gasteiger partial charge on any atom is -0.461 e. The number of carbonyl (C=O) groups excluding carboxylic acids is 2. The molecule has 1 aliphatic heterocycles. The Morgan fingerprint density at radius 2 is 2.27 bits per heavy atom. The molecule has 0 spiro atoms. The molecule has 116 valence electrons. The highest BCUT2D eigenvalue weighted by atomic mass is 32.1. The Kier molecular flexibility index (Phi) is 4.40. The summed E-state index contributed by atoms with van der Waals surface area (Å²) in [6.45, 7) is 3.30. The Bertz CT molecular complexity index is 662. The molecule has 5 nitrogen and oxygen atoms in total. The SMILES string of the molecule is Cc1cscc1C(=O)N1CCOC[C@H]1CC(=O)c1ccco1. The molecule has 0 saturated carbocycles. The zero-order chi connectivity index (χ0) is 15.5. The van der Waals surface area contributed by atoms with Crippen LogP contribution in [0.2, 0.25) is 0 Å². The third-order valence-electron chi connectivity index (χ3n) is 3.79. The second-order valence-corrected chi connectivity index (χ2v) is 6.04. The van der Waals surface area contributed by atoms with E-state index in [9.17, 15) is 9.59 Å². The summed E-state index contributed by atoms with van der Waals surface area (Å²) in [6.07, 6.45) is 1.69. The molecule has 0 unspecified atom stereocenters. The minimum absolute atomic E-state index is 0.0284. The third kappa shape index (κ3) is 2.98. The summed E-state index contributed by atoms with van der Waals surface area (Å²) in [5.41, 5.74) is 1.68. The van der Waals surface area contributed by atoms with Gasteiger partial charge in [0.15, 0.2) is 11.5 Å². The predicted octanol–water partition coefficient (Wildman–Crippen LogP) is 2.76. The minimum atomic E-state index is -0.252. The van der Waals surface area contributed by atoms with Crippen molar-refractivity contribution >= 4 is 23.0 Å². The van der Waals surface area contributed by atoms with Crippen LogP contribution in [0.25, 0.3) is 0 Å². The zero-order valence-corrected chi connectivity index (χ0v) is 13.1. The molecule has 1 amide bonds. The van der Waals surface area contributed by atoms with Gasteiger partial charge in [0.25, 0.3) is 5.91 Å². The Labute approximate surface area is 132 Å². The molecule has 22 heavy (non-hydrogen) atoms. The number of nitrogens with zero attached hydrogens (tertiary/aromatic N) is 1. The first-order chi connectivity index (χ1) is 10.7. The summed E-state index contributed by atoms with van der Waals surface area (Å²) in [6, 6.07) is 3.07. The summed E-state index contributed by atoms with van der Waals surface area (Å²) >= 11 is 1.51. The molecule has 0 radical (unpaired) electrons. The molecule has 0 bridgehead atoms. The lowest BCUT2D eigenvalue weighted by atomic mass is 10.0. The molecule has 3 rings (SSSR count). The van der Waals surface area contributed by atoms with Gasteiger partial charge < -0.3 is 14.1 Å². The smallest absolute Gasteiger partial charge is 0.255 e. The maximum Gasteiger partial charge on any atom is 0.255 e. The largest absolute Gasteiger partial charge is 0.461 e. The van der Waals surface area contributed by atoms with Crippen LogP contribution in [0.3, 0.4) is 0 Å². The number of amides is 1. The van der Waals surface area contributed by atoms with E-state index in [2.05, 4.69) is 0 Å². The lowest BCUT2D eigenvalue weighted by molar-refractivity contribution is -0.00304. The summed E-state index contributed by atoms with van der Waals surface area (Å²) in [5, 5.41) is 3.81. The number of ketones is 1. The lowest BCUT2D eigenvalue weighted by Gasteiger charge is -2.35. The van der Waals surface area contributed by atoms with Gasteiger partial charge in [0, 0.05) is 18.3 Å². The van der Waals surface area contributed by atoms with E-state index in [0.717, 1.165) is 5.56 Å². The lowest BCUT2D eigenvalue weighted by Crippen LogP contribution is -2.49. The van der Waals surface area contributed by atoms with Crippen LogP contribution in [-0.2, 0) is 4.74 Å². The first-order valence-corrected chi connectivity index (χ1v) is 8.09. The second-order valence-electron chi connectivity index (χ2n) is 5.30. The van der Waals surface area contributed by atoms with E-state index in [4.69, 9.17) is 9.15 Å². The third-order valence-corrected chi connectivity index (χ3v) is 4.65. The predicted molar refractivity (Wildman–Crippen MR) is 82.4 cm³/mol. The van der Waals surface area contributed by atoms with Crippen molar-refractivity contribution in [3.63, 3.8) is 0 Å². The van der Waals surface area contributed by atoms with Crippen LogP contribution in [0.5, 0.6) is 0 Å². The molecule has 2 aromatic heterocycles. The van der Waals surface area contributed by atoms with Crippen LogP contribution in [0.1, 0.15) is 32.9 Å². The molecule has 1 fully saturated rings. The Hall–Kier alpha value is -1.92. The fourth-order valence-corrected chi connectivity index (χ4v) is 3.40. The Morgan fingerprint density at radius 1 is 1.41 bits per heavy atom. The Balaban J connectivity index is 1.75. The van der Waals surface area contributed by atoms with Crippen LogP contribution < -0.4 is 0 Å². The van der Waals surface area contributed by atoms with E-state index in [1.165, 1.54) is 17.6 Å². The van der Waals surface area contributed by atoms with E-state index < -0.39 is 0 Å². The zero-order valence-electron chi connectivity index (χ0n) is 12.3. The number of aryl methyl sites for hydroxylation is 1. The molecule has 0 N–H and O–H groups in total. The quantitative estimate of drug-likeness (QED) is 0.813. The van der Waals surface area contributed by atoms with Crippen molar-refractivity contribution in [3.05, 3.63) is 46.0 Å². The fourth-order valence-electron chi connectivity index (χ4n) is 2.58. The van der Waals surface area contributed by atoms with Crippen molar-refractivity contribution in [1.82, 2.24) is 4.90 Å². The molecule has 0 aromatic carbocycles. The number of furan rings is 1. The summed E-state index contributed by atoms with van der Waals surface area (Å²) < 4.78 is 10.6. The topological polar surface area (TPSA) is 59.8 Å². The number of rotatable bonds is 4. The van der Waals surface area contributed by atoms with Gasteiger partial charge in [-0.15, -0.1) is 0 Å². The van der Waals surface area contributed by atoms with Crippen molar-refractivity contribution in [2.75, 3.05) is 19.8 Å². The monoisotopic (exact) mass is 319 g/mol. The van der Waals surface area contributed by atoms with Crippen molar-refractivity contribution in [1.29, 1.82) is 0 Å². The summed E-state index contributed by atoms with van der Waals surface area (Å²) in [4.78, 5) is 26.7. The molecule has 1 aliphatic rings. The first-order valence-electron chi connectivity index (χ1n) is 7.15. The highest BCUT2D eigenvalue weighted by molar-refractivity contribution is 7.08. The Morgan fingerprint density at radius 3 is 2.95 bits per heavy atom. The highest BCUT2D eigenvalue weighted by Crippen LogP contribution is 2.21. The van der Waals surface area contributed by atoms with Crippen LogP contribution in [0.15, 0.2) is 33.6 Å².